The molecule has 2 heterocycles. The summed E-state index contributed by atoms with van der Waals surface area (Å²) in [6.07, 6.45) is 4.67. The van der Waals surface area contributed by atoms with Gasteiger partial charge in [0.15, 0.2) is 0 Å². The molecule has 0 spiro atoms. The van der Waals surface area contributed by atoms with E-state index in [2.05, 4.69) is 20.1 Å². The lowest BCUT2D eigenvalue weighted by Crippen LogP contribution is -1.97. The van der Waals surface area contributed by atoms with Crippen molar-refractivity contribution in [3.63, 3.8) is 0 Å². The van der Waals surface area contributed by atoms with Gasteiger partial charge in [-0.2, -0.15) is 4.98 Å². The highest BCUT2D eigenvalue weighted by Crippen LogP contribution is 2.15. The van der Waals surface area contributed by atoms with Crippen molar-refractivity contribution >= 4 is 5.69 Å². The van der Waals surface area contributed by atoms with Gasteiger partial charge in [-0.1, -0.05) is 23.4 Å². The van der Waals surface area contributed by atoms with Gasteiger partial charge >= 0.3 is 0 Å². The third-order valence-electron chi connectivity index (χ3n) is 2.90. The SMILES string of the molecule is Nc1ccccc1CCc1nc(-c2ncccn2)no1. The molecule has 1 aromatic carbocycles. The lowest BCUT2D eigenvalue weighted by molar-refractivity contribution is 0.378. The lowest BCUT2D eigenvalue weighted by Gasteiger charge is -2.02. The zero-order valence-corrected chi connectivity index (χ0v) is 10.7. The molecule has 0 saturated heterocycles. The maximum Gasteiger partial charge on any atom is 0.240 e. The predicted octanol–water partition coefficient (Wildman–Crippen LogP) is 1.89. The highest BCUT2D eigenvalue weighted by molar-refractivity contribution is 5.46. The van der Waals surface area contributed by atoms with Gasteiger partial charge in [-0.3, -0.25) is 0 Å². The summed E-state index contributed by atoms with van der Waals surface area (Å²) in [7, 11) is 0. The second kappa shape index (κ2) is 5.48. The minimum atomic E-state index is 0.404. The van der Waals surface area contributed by atoms with Gasteiger partial charge in [-0.15, -0.1) is 0 Å². The van der Waals surface area contributed by atoms with Crippen LogP contribution < -0.4 is 5.73 Å². The van der Waals surface area contributed by atoms with E-state index in [1.807, 2.05) is 24.3 Å². The summed E-state index contributed by atoms with van der Waals surface area (Å²) in [4.78, 5) is 12.4. The summed E-state index contributed by atoms with van der Waals surface area (Å²) in [6, 6.07) is 9.49. The first-order valence-corrected chi connectivity index (χ1v) is 6.26. The van der Waals surface area contributed by atoms with Crippen molar-refractivity contribution in [2.75, 3.05) is 5.73 Å². The molecule has 6 heteroatoms. The number of aryl methyl sites for hydroxylation is 2. The van der Waals surface area contributed by atoms with Crippen molar-refractivity contribution in [3.8, 4) is 11.6 Å². The molecule has 2 N–H and O–H groups in total. The zero-order chi connectivity index (χ0) is 13.8. The Morgan fingerprint density at radius 3 is 2.55 bits per heavy atom. The molecule has 0 fully saturated rings. The van der Waals surface area contributed by atoms with E-state index in [9.17, 15) is 0 Å². The molecule has 0 radical (unpaired) electrons. The van der Waals surface area contributed by atoms with Gasteiger partial charge in [0.25, 0.3) is 0 Å². The summed E-state index contributed by atoms with van der Waals surface area (Å²) in [6.45, 7) is 0. The summed E-state index contributed by atoms with van der Waals surface area (Å²) in [5.74, 6) is 1.42. The van der Waals surface area contributed by atoms with E-state index >= 15 is 0 Å². The topological polar surface area (TPSA) is 90.7 Å². The smallest absolute Gasteiger partial charge is 0.240 e. The highest BCUT2D eigenvalue weighted by atomic mass is 16.5. The number of hydrogen-bond acceptors (Lipinski definition) is 6. The zero-order valence-electron chi connectivity index (χ0n) is 10.7. The van der Waals surface area contributed by atoms with Crippen LogP contribution in [0.2, 0.25) is 0 Å². The number of hydrogen-bond donors (Lipinski definition) is 1. The van der Waals surface area contributed by atoms with Crippen molar-refractivity contribution in [2.24, 2.45) is 0 Å². The summed E-state index contributed by atoms with van der Waals surface area (Å²) >= 11 is 0. The van der Waals surface area contributed by atoms with Crippen LogP contribution in [0.5, 0.6) is 0 Å². The lowest BCUT2D eigenvalue weighted by atomic mass is 10.1. The minimum Gasteiger partial charge on any atom is -0.399 e. The van der Waals surface area contributed by atoms with Gasteiger partial charge in [0.2, 0.25) is 17.5 Å². The Labute approximate surface area is 115 Å². The molecular formula is C14H13N5O. The van der Waals surface area contributed by atoms with Crippen LogP contribution in [0, 0.1) is 0 Å². The average Bonchev–Trinajstić information content (AvgIpc) is 2.96. The van der Waals surface area contributed by atoms with E-state index in [1.165, 1.54) is 0 Å². The van der Waals surface area contributed by atoms with E-state index in [0.717, 1.165) is 17.7 Å². The Kier molecular flexibility index (Phi) is 3.36. The predicted molar refractivity (Wildman–Crippen MR) is 73.6 cm³/mol. The van der Waals surface area contributed by atoms with Gasteiger partial charge in [0.05, 0.1) is 0 Å². The molecule has 0 unspecified atom stereocenters. The van der Waals surface area contributed by atoms with E-state index in [1.54, 1.807) is 18.5 Å². The molecule has 3 rings (SSSR count). The van der Waals surface area contributed by atoms with Crippen molar-refractivity contribution in [1.29, 1.82) is 0 Å². The molecule has 0 aliphatic rings. The van der Waals surface area contributed by atoms with E-state index in [0.29, 0.717) is 24.0 Å². The number of anilines is 1. The Bertz CT molecular complexity index is 696. The average molecular weight is 267 g/mol. The number of benzene rings is 1. The van der Waals surface area contributed by atoms with Gasteiger partial charge in [0, 0.05) is 24.5 Å². The molecule has 0 saturated carbocycles. The number of rotatable bonds is 4. The molecule has 0 amide bonds. The van der Waals surface area contributed by atoms with E-state index in [4.69, 9.17) is 10.3 Å². The number of nitrogen functional groups attached to an aromatic ring is 1. The van der Waals surface area contributed by atoms with Crippen molar-refractivity contribution in [2.45, 2.75) is 12.8 Å². The third-order valence-corrected chi connectivity index (χ3v) is 2.90. The van der Waals surface area contributed by atoms with Crippen LogP contribution in [0.15, 0.2) is 47.2 Å². The number of nitrogens with zero attached hydrogens (tertiary/aromatic N) is 4. The van der Waals surface area contributed by atoms with Crippen LogP contribution in [0.3, 0.4) is 0 Å². The Hall–Kier alpha value is -2.76. The van der Waals surface area contributed by atoms with Crippen LogP contribution in [-0.2, 0) is 12.8 Å². The summed E-state index contributed by atoms with van der Waals surface area (Å²) in [5.41, 5.74) is 7.74. The number of aromatic nitrogens is 4. The molecule has 0 atom stereocenters. The maximum absolute atomic E-state index is 5.89. The first kappa shape index (κ1) is 12.3. The monoisotopic (exact) mass is 267 g/mol. The van der Waals surface area contributed by atoms with Gasteiger partial charge in [-0.05, 0) is 24.1 Å². The largest absolute Gasteiger partial charge is 0.399 e. The molecule has 0 aliphatic heterocycles. The summed E-state index contributed by atoms with van der Waals surface area (Å²) in [5, 5.41) is 3.88. The second-order valence-electron chi connectivity index (χ2n) is 4.28. The first-order valence-electron chi connectivity index (χ1n) is 6.26. The fourth-order valence-electron chi connectivity index (χ4n) is 1.87. The van der Waals surface area contributed by atoms with Crippen LogP contribution in [0.25, 0.3) is 11.6 Å². The summed E-state index contributed by atoms with van der Waals surface area (Å²) < 4.78 is 5.20. The quantitative estimate of drug-likeness (QED) is 0.726. The van der Waals surface area contributed by atoms with E-state index in [-0.39, 0.29) is 0 Å². The van der Waals surface area contributed by atoms with Crippen LogP contribution in [0.4, 0.5) is 5.69 Å². The molecule has 0 aliphatic carbocycles. The molecule has 2 aromatic heterocycles. The number of nitrogens with two attached hydrogens (primary N) is 1. The molecule has 100 valence electrons. The third kappa shape index (κ3) is 2.64. The van der Waals surface area contributed by atoms with Crippen molar-refractivity contribution in [1.82, 2.24) is 20.1 Å². The van der Waals surface area contributed by atoms with Crippen LogP contribution in [0.1, 0.15) is 11.5 Å². The fraction of sp³-hybridized carbons (Fsp3) is 0.143. The fourth-order valence-corrected chi connectivity index (χ4v) is 1.87. The Morgan fingerprint density at radius 1 is 0.950 bits per heavy atom. The molecule has 6 nitrogen and oxygen atoms in total. The second-order valence-corrected chi connectivity index (χ2v) is 4.28. The number of para-hydroxylation sites is 1. The Balaban J connectivity index is 1.71. The molecule has 0 bridgehead atoms. The van der Waals surface area contributed by atoms with Crippen molar-refractivity contribution < 1.29 is 4.52 Å². The minimum absolute atomic E-state index is 0.404. The standard InChI is InChI=1S/C14H13N5O/c15-11-5-2-1-4-10(11)6-7-12-18-14(19-20-12)13-16-8-3-9-17-13/h1-5,8-9H,6-7,15H2. The normalized spacial score (nSPS) is 10.6. The van der Waals surface area contributed by atoms with E-state index < -0.39 is 0 Å². The van der Waals surface area contributed by atoms with Gasteiger partial charge in [0.1, 0.15) is 0 Å². The maximum atomic E-state index is 5.89. The van der Waals surface area contributed by atoms with Gasteiger partial charge in [-0.25, -0.2) is 9.97 Å². The van der Waals surface area contributed by atoms with Crippen LogP contribution >= 0.6 is 0 Å². The Morgan fingerprint density at radius 2 is 1.75 bits per heavy atom. The molecule has 3 aromatic rings. The van der Waals surface area contributed by atoms with Crippen LogP contribution in [-0.4, -0.2) is 20.1 Å². The highest BCUT2D eigenvalue weighted by Gasteiger charge is 2.10. The van der Waals surface area contributed by atoms with Crippen molar-refractivity contribution in [3.05, 3.63) is 54.2 Å². The molecular weight excluding hydrogens is 254 g/mol. The molecule has 20 heavy (non-hydrogen) atoms. The van der Waals surface area contributed by atoms with Gasteiger partial charge < -0.3 is 10.3 Å². The first-order chi connectivity index (χ1) is 9.83.